The van der Waals surface area contributed by atoms with Crippen molar-refractivity contribution in [3.63, 3.8) is 0 Å². The van der Waals surface area contributed by atoms with Gasteiger partial charge in [0, 0.05) is 17.1 Å². The van der Waals surface area contributed by atoms with Crippen LogP contribution < -0.4 is 11.1 Å². The number of ether oxygens (including phenoxy) is 1. The number of hydrogen-bond donors (Lipinski definition) is 2. The normalized spacial score (nSPS) is 22.1. The van der Waals surface area contributed by atoms with E-state index in [0.29, 0.717) is 13.2 Å². The number of nitrogens with one attached hydrogen (secondary N) is 1. The summed E-state index contributed by atoms with van der Waals surface area (Å²) in [5.41, 5.74) is 8.30. The van der Waals surface area contributed by atoms with E-state index in [1.54, 1.807) is 0 Å². The van der Waals surface area contributed by atoms with Gasteiger partial charge in [-0.1, -0.05) is 18.2 Å². The van der Waals surface area contributed by atoms with E-state index in [1.165, 1.54) is 0 Å². The quantitative estimate of drug-likeness (QED) is 0.866. The molecule has 0 aliphatic carbocycles. The topological polar surface area (TPSA) is 77.2 Å². The van der Waals surface area contributed by atoms with E-state index in [1.807, 2.05) is 37.3 Å². The second-order valence-electron chi connectivity index (χ2n) is 5.13. The summed E-state index contributed by atoms with van der Waals surface area (Å²) in [6.45, 7) is 2.74. The van der Waals surface area contributed by atoms with Crippen LogP contribution in [-0.4, -0.2) is 30.1 Å². The Bertz CT molecular complexity index is 657. The molecule has 2 aromatic rings. The second kappa shape index (κ2) is 5.19. The number of fused-ring (bicyclic) bond motifs is 1. The maximum Gasteiger partial charge on any atom is 0.231 e. The molecule has 1 aromatic heterocycles. The fourth-order valence-corrected chi connectivity index (χ4v) is 2.41. The van der Waals surface area contributed by atoms with Gasteiger partial charge in [-0.15, -0.1) is 0 Å². The van der Waals surface area contributed by atoms with Crippen molar-refractivity contribution in [1.29, 1.82) is 0 Å². The summed E-state index contributed by atoms with van der Waals surface area (Å²) in [5.74, 6) is -0.402. The number of carbonyl (C=O) groups is 1. The van der Waals surface area contributed by atoms with Crippen molar-refractivity contribution in [1.82, 2.24) is 4.98 Å². The van der Waals surface area contributed by atoms with Crippen molar-refractivity contribution in [2.75, 3.05) is 18.5 Å². The van der Waals surface area contributed by atoms with Crippen molar-refractivity contribution in [3.8, 4) is 0 Å². The molecule has 104 valence electrons. The number of nitrogens with two attached hydrogens (primary N) is 1. The SMILES string of the molecule is Cc1ccc2cccc(NC(=O)C3COCC3N)c2n1. The minimum absolute atomic E-state index is 0.106. The predicted octanol–water partition coefficient (Wildman–Crippen LogP) is 1.46. The molecule has 2 unspecified atom stereocenters. The van der Waals surface area contributed by atoms with Crippen molar-refractivity contribution in [2.24, 2.45) is 11.7 Å². The average molecular weight is 271 g/mol. The van der Waals surface area contributed by atoms with Crippen molar-refractivity contribution >= 4 is 22.5 Å². The number of para-hydroxylation sites is 1. The lowest BCUT2D eigenvalue weighted by Crippen LogP contribution is -2.37. The first-order chi connectivity index (χ1) is 9.65. The lowest BCUT2D eigenvalue weighted by atomic mass is 10.0. The van der Waals surface area contributed by atoms with Crippen molar-refractivity contribution < 1.29 is 9.53 Å². The molecule has 3 N–H and O–H groups in total. The summed E-state index contributed by atoms with van der Waals surface area (Å²) in [6.07, 6.45) is 0. The second-order valence-corrected chi connectivity index (χ2v) is 5.13. The van der Waals surface area contributed by atoms with E-state index in [2.05, 4.69) is 10.3 Å². The number of amides is 1. The van der Waals surface area contributed by atoms with Crippen LogP contribution in [0.1, 0.15) is 5.69 Å². The summed E-state index contributed by atoms with van der Waals surface area (Å²) in [6, 6.07) is 9.45. The minimum Gasteiger partial charge on any atom is -0.379 e. The van der Waals surface area contributed by atoms with Gasteiger partial charge in [0.2, 0.25) is 5.91 Å². The smallest absolute Gasteiger partial charge is 0.231 e. The number of pyridine rings is 1. The Labute approximate surface area is 117 Å². The van der Waals surface area contributed by atoms with Crippen LogP contribution in [0.25, 0.3) is 10.9 Å². The average Bonchev–Trinajstić information content (AvgIpc) is 2.86. The predicted molar refractivity (Wildman–Crippen MR) is 77.4 cm³/mol. The van der Waals surface area contributed by atoms with E-state index in [-0.39, 0.29) is 17.9 Å². The summed E-state index contributed by atoms with van der Waals surface area (Å²) in [4.78, 5) is 16.8. The molecule has 1 aliphatic heterocycles. The van der Waals surface area contributed by atoms with E-state index in [0.717, 1.165) is 22.3 Å². The van der Waals surface area contributed by atoms with Crippen molar-refractivity contribution in [2.45, 2.75) is 13.0 Å². The van der Waals surface area contributed by atoms with Gasteiger partial charge in [0.1, 0.15) is 0 Å². The lowest BCUT2D eigenvalue weighted by molar-refractivity contribution is -0.120. The van der Waals surface area contributed by atoms with Gasteiger partial charge in [-0.2, -0.15) is 0 Å². The third-order valence-electron chi connectivity index (χ3n) is 3.58. The molecule has 1 amide bonds. The molecular weight excluding hydrogens is 254 g/mol. The Morgan fingerprint density at radius 1 is 1.35 bits per heavy atom. The fraction of sp³-hybridized carbons (Fsp3) is 0.333. The number of nitrogens with zero attached hydrogens (tertiary/aromatic N) is 1. The van der Waals surface area contributed by atoms with E-state index < -0.39 is 0 Å². The summed E-state index contributed by atoms with van der Waals surface area (Å²) >= 11 is 0. The minimum atomic E-state index is -0.296. The molecule has 5 heteroatoms. The molecule has 1 aliphatic rings. The highest BCUT2D eigenvalue weighted by atomic mass is 16.5. The monoisotopic (exact) mass is 271 g/mol. The molecule has 3 rings (SSSR count). The highest BCUT2D eigenvalue weighted by molar-refractivity contribution is 6.01. The Hall–Kier alpha value is -1.98. The third-order valence-corrected chi connectivity index (χ3v) is 3.58. The molecule has 0 spiro atoms. The highest BCUT2D eigenvalue weighted by Gasteiger charge is 2.31. The molecule has 0 saturated carbocycles. The van der Waals surface area contributed by atoms with E-state index in [9.17, 15) is 4.79 Å². The standard InChI is InChI=1S/C15H17N3O2/c1-9-5-6-10-3-2-4-13(14(10)17-9)18-15(19)11-7-20-8-12(11)16/h2-6,11-12H,7-8,16H2,1H3,(H,18,19). The number of aryl methyl sites for hydroxylation is 1. The van der Waals surface area contributed by atoms with Crippen LogP contribution in [0.3, 0.4) is 0 Å². The zero-order chi connectivity index (χ0) is 14.1. The number of carbonyl (C=O) groups excluding carboxylic acids is 1. The number of benzene rings is 1. The Kier molecular flexibility index (Phi) is 3.38. The Morgan fingerprint density at radius 2 is 2.20 bits per heavy atom. The molecular formula is C15H17N3O2. The lowest BCUT2D eigenvalue weighted by Gasteiger charge is -2.14. The number of rotatable bonds is 2. The Morgan fingerprint density at radius 3 is 2.95 bits per heavy atom. The van der Waals surface area contributed by atoms with Crippen LogP contribution in [0.2, 0.25) is 0 Å². The first-order valence-corrected chi connectivity index (χ1v) is 6.66. The zero-order valence-electron chi connectivity index (χ0n) is 11.3. The van der Waals surface area contributed by atoms with Gasteiger partial charge < -0.3 is 15.8 Å². The van der Waals surface area contributed by atoms with Gasteiger partial charge >= 0.3 is 0 Å². The molecule has 0 radical (unpaired) electrons. The van der Waals surface area contributed by atoms with Crippen LogP contribution in [0.15, 0.2) is 30.3 Å². The number of anilines is 1. The van der Waals surface area contributed by atoms with Gasteiger partial charge in [-0.25, -0.2) is 0 Å². The zero-order valence-corrected chi connectivity index (χ0v) is 11.3. The summed E-state index contributed by atoms with van der Waals surface area (Å²) < 4.78 is 5.23. The van der Waals surface area contributed by atoms with Crippen LogP contribution in [-0.2, 0) is 9.53 Å². The molecule has 0 bridgehead atoms. The molecule has 5 nitrogen and oxygen atoms in total. The van der Waals surface area contributed by atoms with Gasteiger partial charge in [0.15, 0.2) is 0 Å². The first-order valence-electron chi connectivity index (χ1n) is 6.66. The molecule has 1 aromatic carbocycles. The van der Waals surface area contributed by atoms with Crippen molar-refractivity contribution in [3.05, 3.63) is 36.0 Å². The summed E-state index contributed by atoms with van der Waals surface area (Å²) in [5, 5.41) is 3.92. The molecule has 2 atom stereocenters. The first kappa shape index (κ1) is 13.0. The maximum atomic E-state index is 12.3. The third kappa shape index (κ3) is 2.37. The largest absolute Gasteiger partial charge is 0.379 e. The molecule has 1 saturated heterocycles. The fourth-order valence-electron chi connectivity index (χ4n) is 2.41. The van der Waals surface area contributed by atoms with Gasteiger partial charge in [0.25, 0.3) is 0 Å². The van der Waals surface area contributed by atoms with Crippen LogP contribution in [0.4, 0.5) is 5.69 Å². The van der Waals surface area contributed by atoms with E-state index >= 15 is 0 Å². The maximum absolute atomic E-state index is 12.3. The molecule has 2 heterocycles. The number of hydrogen-bond acceptors (Lipinski definition) is 4. The number of aromatic nitrogens is 1. The van der Waals surface area contributed by atoms with Crippen LogP contribution in [0.5, 0.6) is 0 Å². The molecule has 1 fully saturated rings. The summed E-state index contributed by atoms with van der Waals surface area (Å²) in [7, 11) is 0. The van der Waals surface area contributed by atoms with Gasteiger partial charge in [-0.05, 0) is 19.1 Å². The Balaban J connectivity index is 1.90. The van der Waals surface area contributed by atoms with Gasteiger partial charge in [0.05, 0.1) is 30.3 Å². The van der Waals surface area contributed by atoms with Crippen LogP contribution in [0, 0.1) is 12.8 Å². The van der Waals surface area contributed by atoms with Gasteiger partial charge in [-0.3, -0.25) is 9.78 Å². The van der Waals surface area contributed by atoms with Crippen LogP contribution >= 0.6 is 0 Å². The van der Waals surface area contributed by atoms with E-state index in [4.69, 9.17) is 10.5 Å². The highest BCUT2D eigenvalue weighted by Crippen LogP contribution is 2.23. The molecule has 20 heavy (non-hydrogen) atoms.